The van der Waals surface area contributed by atoms with E-state index in [1.54, 1.807) is 67.8 Å². The van der Waals surface area contributed by atoms with Gasteiger partial charge >= 0.3 is 0 Å². The molecule has 0 aliphatic carbocycles. The smallest absolute Gasteiger partial charge is 0.300 e. The maximum absolute atomic E-state index is 13.4. The lowest BCUT2D eigenvalue weighted by Gasteiger charge is -2.26. The molecule has 2 amide bonds. The highest BCUT2D eigenvalue weighted by molar-refractivity contribution is 6.51. The van der Waals surface area contributed by atoms with Crippen molar-refractivity contribution in [3.05, 3.63) is 89.0 Å². The SMILES string of the molecule is COc1ccc(C2/C(=C(\O)c3cc(C)ccc3OC)C(=O)C(=O)N2c2ccc(NC(C)=O)cc2)cc1. The van der Waals surface area contributed by atoms with Crippen LogP contribution in [0.15, 0.2) is 72.3 Å². The minimum absolute atomic E-state index is 0.0556. The third-order valence-corrected chi connectivity index (χ3v) is 5.95. The number of hydrogen-bond acceptors (Lipinski definition) is 6. The first-order valence-corrected chi connectivity index (χ1v) is 11.2. The predicted molar refractivity (Wildman–Crippen MR) is 136 cm³/mol. The molecular weight excluding hydrogens is 460 g/mol. The fraction of sp³-hybridized carbons (Fsp3) is 0.179. The molecule has 0 spiro atoms. The van der Waals surface area contributed by atoms with Crippen LogP contribution in [0.25, 0.3) is 5.76 Å². The number of rotatable bonds is 6. The maximum Gasteiger partial charge on any atom is 0.300 e. The zero-order valence-electron chi connectivity index (χ0n) is 20.4. The van der Waals surface area contributed by atoms with Crippen LogP contribution in [-0.2, 0) is 14.4 Å². The number of nitrogens with zero attached hydrogens (tertiary/aromatic N) is 1. The van der Waals surface area contributed by atoms with Crippen molar-refractivity contribution < 1.29 is 29.0 Å². The van der Waals surface area contributed by atoms with Gasteiger partial charge in [-0.15, -0.1) is 0 Å². The van der Waals surface area contributed by atoms with Crippen LogP contribution < -0.4 is 19.7 Å². The zero-order valence-corrected chi connectivity index (χ0v) is 20.4. The average Bonchev–Trinajstić information content (AvgIpc) is 3.14. The van der Waals surface area contributed by atoms with Gasteiger partial charge in [0, 0.05) is 18.3 Å². The number of amides is 2. The highest BCUT2D eigenvalue weighted by atomic mass is 16.5. The van der Waals surface area contributed by atoms with Crippen molar-refractivity contribution in [2.75, 3.05) is 24.4 Å². The number of Topliss-reactive ketones (excluding diaryl/α,β-unsaturated/α-hetero) is 1. The number of ether oxygens (including phenoxy) is 2. The summed E-state index contributed by atoms with van der Waals surface area (Å²) in [5, 5.41) is 14.1. The van der Waals surface area contributed by atoms with E-state index in [4.69, 9.17) is 9.47 Å². The van der Waals surface area contributed by atoms with Gasteiger partial charge < -0.3 is 19.9 Å². The topological polar surface area (TPSA) is 105 Å². The molecule has 3 aromatic carbocycles. The number of methoxy groups -OCH3 is 2. The Hall–Kier alpha value is -4.59. The van der Waals surface area contributed by atoms with Crippen LogP contribution >= 0.6 is 0 Å². The lowest BCUT2D eigenvalue weighted by Crippen LogP contribution is -2.29. The summed E-state index contributed by atoms with van der Waals surface area (Å²) in [6, 6.07) is 17.8. The summed E-state index contributed by atoms with van der Waals surface area (Å²) >= 11 is 0. The van der Waals surface area contributed by atoms with E-state index in [-0.39, 0.29) is 17.2 Å². The van der Waals surface area contributed by atoms with Crippen LogP contribution in [0.2, 0.25) is 0 Å². The summed E-state index contributed by atoms with van der Waals surface area (Å²) in [5.41, 5.74) is 2.70. The monoisotopic (exact) mass is 486 g/mol. The van der Waals surface area contributed by atoms with E-state index in [0.29, 0.717) is 34.0 Å². The Bertz CT molecular complexity index is 1360. The standard InChI is InChI=1S/C28H26N2O6/c1-16-5-14-23(36-4)22(15-16)26(32)24-25(18-6-12-21(35-3)13-7-18)30(28(34)27(24)33)20-10-8-19(9-11-20)29-17(2)31/h5-15,25,32H,1-4H3,(H,29,31)/b26-24+. The molecule has 3 aromatic rings. The molecule has 1 saturated heterocycles. The van der Waals surface area contributed by atoms with Crippen LogP contribution in [0.5, 0.6) is 11.5 Å². The number of carbonyl (C=O) groups is 3. The van der Waals surface area contributed by atoms with Crippen LogP contribution in [0.4, 0.5) is 11.4 Å². The Morgan fingerprint density at radius 2 is 1.61 bits per heavy atom. The Balaban J connectivity index is 1.91. The van der Waals surface area contributed by atoms with Gasteiger partial charge in [0.2, 0.25) is 5.91 Å². The van der Waals surface area contributed by atoms with E-state index in [2.05, 4.69) is 5.32 Å². The first-order valence-electron chi connectivity index (χ1n) is 11.2. The third kappa shape index (κ3) is 4.53. The largest absolute Gasteiger partial charge is 0.507 e. The number of hydrogen-bond donors (Lipinski definition) is 2. The lowest BCUT2D eigenvalue weighted by atomic mass is 9.94. The first-order chi connectivity index (χ1) is 17.2. The molecule has 1 aliphatic heterocycles. The van der Waals surface area contributed by atoms with E-state index in [1.165, 1.54) is 18.9 Å². The van der Waals surface area contributed by atoms with Crippen LogP contribution in [0, 0.1) is 6.92 Å². The normalized spacial score (nSPS) is 16.7. The van der Waals surface area contributed by atoms with Crippen LogP contribution in [-0.4, -0.2) is 36.9 Å². The summed E-state index contributed by atoms with van der Waals surface area (Å²) in [6.07, 6.45) is 0. The van der Waals surface area contributed by atoms with E-state index in [9.17, 15) is 19.5 Å². The van der Waals surface area contributed by atoms with Crippen LogP contribution in [0.1, 0.15) is 29.7 Å². The molecule has 0 radical (unpaired) electrons. The van der Waals surface area contributed by atoms with E-state index < -0.39 is 17.7 Å². The van der Waals surface area contributed by atoms with Crippen molar-refractivity contribution in [2.45, 2.75) is 19.9 Å². The molecule has 1 fully saturated rings. The Labute approximate surface area is 208 Å². The number of carbonyl (C=O) groups excluding carboxylic acids is 3. The first kappa shape index (κ1) is 24.5. The third-order valence-electron chi connectivity index (χ3n) is 5.95. The Morgan fingerprint density at radius 3 is 2.19 bits per heavy atom. The molecule has 184 valence electrons. The van der Waals surface area contributed by atoms with Crippen molar-refractivity contribution >= 4 is 34.7 Å². The van der Waals surface area contributed by atoms with Crippen LogP contribution in [0.3, 0.4) is 0 Å². The fourth-order valence-electron chi connectivity index (χ4n) is 4.26. The number of aliphatic hydroxyl groups excluding tert-OH is 1. The molecule has 2 N–H and O–H groups in total. The Kier molecular flexibility index (Phi) is 6.78. The van der Waals surface area contributed by atoms with Crippen molar-refractivity contribution in [2.24, 2.45) is 0 Å². The summed E-state index contributed by atoms with van der Waals surface area (Å²) in [6.45, 7) is 3.25. The van der Waals surface area contributed by atoms with Gasteiger partial charge in [-0.25, -0.2) is 0 Å². The van der Waals surface area contributed by atoms with Gasteiger partial charge in [0.25, 0.3) is 11.7 Å². The minimum atomic E-state index is -0.909. The maximum atomic E-state index is 13.4. The van der Waals surface area contributed by atoms with Gasteiger partial charge in [-0.05, 0) is 61.0 Å². The highest BCUT2D eigenvalue weighted by Crippen LogP contribution is 2.43. The number of benzene rings is 3. The van der Waals surface area contributed by atoms with Gasteiger partial charge in [-0.1, -0.05) is 23.8 Å². The second-order valence-electron chi connectivity index (χ2n) is 8.37. The number of aryl methyl sites for hydroxylation is 1. The minimum Gasteiger partial charge on any atom is -0.507 e. The molecule has 0 bridgehead atoms. The lowest BCUT2D eigenvalue weighted by molar-refractivity contribution is -0.132. The van der Waals surface area contributed by atoms with E-state index in [1.807, 2.05) is 13.0 Å². The molecule has 1 unspecified atom stereocenters. The molecule has 1 atom stereocenters. The number of ketones is 1. The molecule has 8 heteroatoms. The van der Waals surface area contributed by atoms with Gasteiger partial charge in [0.1, 0.15) is 17.3 Å². The molecule has 0 aromatic heterocycles. The quantitative estimate of drug-likeness (QED) is 0.300. The highest BCUT2D eigenvalue weighted by Gasteiger charge is 2.47. The Morgan fingerprint density at radius 1 is 0.944 bits per heavy atom. The number of anilines is 2. The van der Waals surface area contributed by atoms with Gasteiger partial charge in [-0.3, -0.25) is 19.3 Å². The molecule has 0 saturated carbocycles. The van der Waals surface area contributed by atoms with E-state index in [0.717, 1.165) is 5.56 Å². The van der Waals surface area contributed by atoms with Crippen molar-refractivity contribution in [3.8, 4) is 11.5 Å². The molecule has 1 heterocycles. The van der Waals surface area contributed by atoms with Gasteiger partial charge in [0.15, 0.2) is 0 Å². The fourth-order valence-corrected chi connectivity index (χ4v) is 4.26. The van der Waals surface area contributed by atoms with E-state index >= 15 is 0 Å². The number of nitrogens with one attached hydrogen (secondary N) is 1. The predicted octanol–water partition coefficient (Wildman–Crippen LogP) is 4.60. The molecular formula is C28H26N2O6. The van der Waals surface area contributed by atoms with Crippen molar-refractivity contribution in [3.63, 3.8) is 0 Å². The molecule has 1 aliphatic rings. The summed E-state index contributed by atoms with van der Waals surface area (Å²) in [4.78, 5) is 39.5. The summed E-state index contributed by atoms with van der Waals surface area (Å²) < 4.78 is 10.7. The summed E-state index contributed by atoms with van der Waals surface area (Å²) in [7, 11) is 3.01. The summed E-state index contributed by atoms with van der Waals surface area (Å²) in [5.74, 6) is -1.17. The zero-order chi connectivity index (χ0) is 26.0. The number of aliphatic hydroxyl groups is 1. The second kappa shape index (κ2) is 9.95. The molecule has 4 rings (SSSR count). The van der Waals surface area contributed by atoms with Crippen molar-refractivity contribution in [1.29, 1.82) is 0 Å². The van der Waals surface area contributed by atoms with Gasteiger partial charge in [-0.2, -0.15) is 0 Å². The van der Waals surface area contributed by atoms with Crippen molar-refractivity contribution in [1.82, 2.24) is 0 Å². The van der Waals surface area contributed by atoms with Gasteiger partial charge in [0.05, 0.1) is 31.4 Å². The average molecular weight is 487 g/mol. The molecule has 36 heavy (non-hydrogen) atoms. The molecule has 8 nitrogen and oxygen atoms in total. The second-order valence-corrected chi connectivity index (χ2v) is 8.37.